The van der Waals surface area contributed by atoms with Crippen molar-refractivity contribution >= 4 is 5.91 Å². The summed E-state index contributed by atoms with van der Waals surface area (Å²) in [4.78, 5) is 17.1. The Morgan fingerprint density at radius 1 is 1.18 bits per heavy atom. The second-order valence-corrected chi connectivity index (χ2v) is 7.09. The fraction of sp³-hybridized carbons (Fsp3) is 0.455. The number of hydrogen-bond donors (Lipinski definition) is 1. The zero-order valence-corrected chi connectivity index (χ0v) is 16.6. The van der Waals surface area contributed by atoms with Crippen LogP contribution in [0, 0.1) is 6.92 Å². The van der Waals surface area contributed by atoms with E-state index in [0.29, 0.717) is 44.4 Å². The number of aryl methyl sites for hydroxylation is 1. The highest BCUT2D eigenvalue weighted by molar-refractivity contribution is 5.96. The molecule has 1 N–H and O–H groups in total. The molecule has 0 atom stereocenters. The number of carbonyl (C=O) groups excluding carboxylic acids is 1. The molecule has 1 aromatic heterocycles. The Hall–Kier alpha value is -2.44. The van der Waals surface area contributed by atoms with Crippen LogP contribution in [-0.2, 0) is 14.9 Å². The predicted octanol–water partition coefficient (Wildman–Crippen LogP) is 2.89. The van der Waals surface area contributed by atoms with E-state index in [2.05, 4.69) is 35.4 Å². The van der Waals surface area contributed by atoms with Crippen LogP contribution in [0.4, 0.5) is 0 Å². The number of carbonyl (C=O) groups is 1. The van der Waals surface area contributed by atoms with Crippen molar-refractivity contribution in [3.05, 3.63) is 59.3 Å². The van der Waals surface area contributed by atoms with Crippen LogP contribution < -0.4 is 10.1 Å². The lowest BCUT2D eigenvalue weighted by molar-refractivity contribution is 0.0484. The molecule has 0 spiro atoms. The zero-order valence-electron chi connectivity index (χ0n) is 16.6. The number of hydrogen-bond acceptors (Lipinski definition) is 5. The molecule has 6 heteroatoms. The Morgan fingerprint density at radius 2 is 1.96 bits per heavy atom. The Labute approximate surface area is 166 Å². The highest BCUT2D eigenvalue weighted by atomic mass is 16.5. The third-order valence-corrected chi connectivity index (χ3v) is 5.30. The number of nitrogens with zero attached hydrogens (tertiary/aromatic N) is 1. The van der Waals surface area contributed by atoms with E-state index in [1.165, 1.54) is 11.1 Å². The minimum atomic E-state index is -0.181. The molecule has 2 aromatic rings. The van der Waals surface area contributed by atoms with Gasteiger partial charge in [-0.1, -0.05) is 24.3 Å². The van der Waals surface area contributed by atoms with Crippen molar-refractivity contribution in [2.24, 2.45) is 0 Å². The number of nitrogens with one attached hydrogen (secondary N) is 1. The van der Waals surface area contributed by atoms with Gasteiger partial charge in [-0.05, 0) is 43.0 Å². The maximum Gasteiger partial charge on any atom is 0.256 e. The maximum atomic E-state index is 12.9. The molecule has 1 fully saturated rings. The molecular weight excluding hydrogens is 356 g/mol. The van der Waals surface area contributed by atoms with Crippen molar-refractivity contribution in [1.29, 1.82) is 0 Å². The summed E-state index contributed by atoms with van der Waals surface area (Å²) in [6, 6.07) is 11.9. The van der Waals surface area contributed by atoms with E-state index in [0.717, 1.165) is 12.8 Å². The predicted molar refractivity (Wildman–Crippen MR) is 107 cm³/mol. The topological polar surface area (TPSA) is 69.7 Å². The SMILES string of the molecule is COCCOc1ncccc1C(=O)NCC1(c2ccccc2C)CCOCC1. The van der Waals surface area contributed by atoms with Crippen molar-refractivity contribution in [3.8, 4) is 5.88 Å². The molecule has 0 aliphatic carbocycles. The average Bonchev–Trinajstić information content (AvgIpc) is 2.73. The van der Waals surface area contributed by atoms with Crippen molar-refractivity contribution in [2.45, 2.75) is 25.2 Å². The summed E-state index contributed by atoms with van der Waals surface area (Å²) in [5.74, 6) is 0.147. The fourth-order valence-electron chi connectivity index (χ4n) is 3.72. The summed E-state index contributed by atoms with van der Waals surface area (Å²) in [5.41, 5.74) is 2.83. The van der Waals surface area contributed by atoms with Crippen LogP contribution in [0.15, 0.2) is 42.6 Å². The molecule has 0 unspecified atom stereocenters. The van der Waals surface area contributed by atoms with Crippen LogP contribution in [0.1, 0.15) is 34.3 Å². The Kier molecular flexibility index (Phi) is 7.01. The van der Waals surface area contributed by atoms with E-state index >= 15 is 0 Å². The molecule has 150 valence electrons. The fourth-order valence-corrected chi connectivity index (χ4v) is 3.72. The lowest BCUT2D eigenvalue weighted by Gasteiger charge is -2.39. The lowest BCUT2D eigenvalue weighted by atomic mass is 9.72. The largest absolute Gasteiger partial charge is 0.475 e. The molecule has 0 saturated carbocycles. The lowest BCUT2D eigenvalue weighted by Crippen LogP contribution is -2.45. The van der Waals surface area contributed by atoms with E-state index in [9.17, 15) is 4.79 Å². The van der Waals surface area contributed by atoms with Gasteiger partial charge in [-0.3, -0.25) is 4.79 Å². The highest BCUT2D eigenvalue weighted by Crippen LogP contribution is 2.36. The monoisotopic (exact) mass is 384 g/mol. The van der Waals surface area contributed by atoms with E-state index in [4.69, 9.17) is 14.2 Å². The summed E-state index contributed by atoms with van der Waals surface area (Å²) in [6.45, 7) is 4.85. The molecule has 2 heterocycles. The van der Waals surface area contributed by atoms with Crippen LogP contribution in [0.25, 0.3) is 0 Å². The molecule has 1 aliphatic heterocycles. The number of ether oxygens (including phenoxy) is 3. The van der Waals surface area contributed by atoms with Gasteiger partial charge in [0.2, 0.25) is 5.88 Å². The standard InChI is InChI=1S/C22H28N2O4/c1-17-6-3-4-8-19(17)22(9-12-27-13-10-22)16-24-20(25)18-7-5-11-23-21(18)28-15-14-26-2/h3-8,11H,9-10,12-16H2,1-2H3,(H,24,25). The molecule has 1 aliphatic rings. The first-order valence-corrected chi connectivity index (χ1v) is 9.65. The summed E-state index contributed by atoms with van der Waals surface area (Å²) in [7, 11) is 1.61. The first-order chi connectivity index (χ1) is 13.7. The van der Waals surface area contributed by atoms with Gasteiger partial charge in [0, 0.05) is 38.5 Å². The third-order valence-electron chi connectivity index (χ3n) is 5.30. The average molecular weight is 384 g/mol. The molecule has 1 amide bonds. The second-order valence-electron chi connectivity index (χ2n) is 7.09. The minimum Gasteiger partial charge on any atom is -0.475 e. The number of aromatic nitrogens is 1. The molecule has 1 aromatic carbocycles. The van der Waals surface area contributed by atoms with Gasteiger partial charge in [-0.25, -0.2) is 4.98 Å². The highest BCUT2D eigenvalue weighted by Gasteiger charge is 2.36. The second kappa shape index (κ2) is 9.66. The quantitative estimate of drug-likeness (QED) is 0.709. The maximum absolute atomic E-state index is 12.9. The van der Waals surface area contributed by atoms with Crippen molar-refractivity contribution in [1.82, 2.24) is 10.3 Å². The Balaban J connectivity index is 1.76. The Bertz CT molecular complexity index is 788. The van der Waals surface area contributed by atoms with E-state index in [1.807, 2.05) is 6.07 Å². The van der Waals surface area contributed by atoms with Crippen molar-refractivity contribution < 1.29 is 19.0 Å². The van der Waals surface area contributed by atoms with Gasteiger partial charge in [-0.2, -0.15) is 0 Å². The summed E-state index contributed by atoms with van der Waals surface area (Å²) in [5, 5.41) is 3.12. The normalized spacial score (nSPS) is 15.8. The molecule has 28 heavy (non-hydrogen) atoms. The summed E-state index contributed by atoms with van der Waals surface area (Å²) < 4.78 is 16.2. The molecule has 0 radical (unpaired) electrons. The van der Waals surface area contributed by atoms with Crippen LogP contribution in [0.2, 0.25) is 0 Å². The van der Waals surface area contributed by atoms with Crippen LogP contribution in [-0.4, -0.2) is 51.0 Å². The van der Waals surface area contributed by atoms with E-state index in [-0.39, 0.29) is 11.3 Å². The van der Waals surface area contributed by atoms with Gasteiger partial charge in [-0.15, -0.1) is 0 Å². The number of benzene rings is 1. The first-order valence-electron chi connectivity index (χ1n) is 9.65. The Morgan fingerprint density at radius 3 is 2.71 bits per heavy atom. The van der Waals surface area contributed by atoms with Crippen molar-refractivity contribution in [3.63, 3.8) is 0 Å². The number of methoxy groups -OCH3 is 1. The van der Waals surface area contributed by atoms with Gasteiger partial charge in [0.05, 0.1) is 6.61 Å². The minimum absolute atomic E-state index is 0.126. The van der Waals surface area contributed by atoms with Crippen LogP contribution in [0.3, 0.4) is 0 Å². The molecule has 0 bridgehead atoms. The van der Waals surface area contributed by atoms with E-state index in [1.54, 1.807) is 25.4 Å². The summed E-state index contributed by atoms with van der Waals surface area (Å²) >= 11 is 0. The molecule has 1 saturated heterocycles. The smallest absolute Gasteiger partial charge is 0.256 e. The molecule has 3 rings (SSSR count). The molecule has 6 nitrogen and oxygen atoms in total. The first kappa shape index (κ1) is 20.3. The number of amides is 1. The van der Waals surface area contributed by atoms with Crippen LogP contribution >= 0.6 is 0 Å². The van der Waals surface area contributed by atoms with Crippen LogP contribution in [0.5, 0.6) is 5.88 Å². The number of pyridine rings is 1. The van der Waals surface area contributed by atoms with Gasteiger partial charge in [0.1, 0.15) is 12.2 Å². The van der Waals surface area contributed by atoms with Gasteiger partial charge in [0.25, 0.3) is 5.91 Å². The zero-order chi connectivity index (χ0) is 19.8. The number of rotatable bonds is 8. The van der Waals surface area contributed by atoms with E-state index < -0.39 is 0 Å². The third kappa shape index (κ3) is 4.69. The van der Waals surface area contributed by atoms with Gasteiger partial charge < -0.3 is 19.5 Å². The molecular formula is C22H28N2O4. The summed E-state index contributed by atoms with van der Waals surface area (Å²) in [6.07, 6.45) is 3.37. The van der Waals surface area contributed by atoms with Gasteiger partial charge >= 0.3 is 0 Å². The van der Waals surface area contributed by atoms with Gasteiger partial charge in [0.15, 0.2) is 0 Å². The van der Waals surface area contributed by atoms with Crippen molar-refractivity contribution in [2.75, 3.05) is 40.1 Å².